The summed E-state index contributed by atoms with van der Waals surface area (Å²) in [5, 5.41) is 2.73. The van der Waals surface area contributed by atoms with E-state index in [4.69, 9.17) is 4.74 Å². The topological polar surface area (TPSA) is 103 Å². The van der Waals surface area contributed by atoms with E-state index in [1.807, 2.05) is 0 Å². The van der Waals surface area contributed by atoms with Gasteiger partial charge in [0.15, 0.2) is 5.65 Å². The average molecular weight is 524 g/mol. The van der Waals surface area contributed by atoms with Gasteiger partial charge >= 0.3 is 6.18 Å². The van der Waals surface area contributed by atoms with Crippen molar-refractivity contribution in [1.82, 2.24) is 19.9 Å². The molecule has 196 valence electrons. The molecule has 2 aromatic heterocycles. The first kappa shape index (κ1) is 26.5. The second kappa shape index (κ2) is 10.4. The summed E-state index contributed by atoms with van der Waals surface area (Å²) in [4.78, 5) is 46.3. The highest BCUT2D eigenvalue weighted by molar-refractivity contribution is 5.85. The van der Waals surface area contributed by atoms with Crippen molar-refractivity contribution in [3.63, 3.8) is 0 Å². The molecule has 0 unspecified atom stereocenters. The Bertz CT molecular complexity index is 1600. The van der Waals surface area contributed by atoms with Crippen LogP contribution < -0.4 is 15.6 Å². The molecule has 0 saturated heterocycles. The van der Waals surface area contributed by atoms with Crippen molar-refractivity contribution < 1.29 is 27.5 Å². The Hall–Kier alpha value is -4.54. The molecule has 0 aliphatic heterocycles. The molecule has 11 heteroatoms. The van der Waals surface area contributed by atoms with Gasteiger partial charge in [0.05, 0.1) is 18.1 Å². The molecule has 38 heavy (non-hydrogen) atoms. The highest BCUT2D eigenvalue weighted by atomic mass is 19.4. The van der Waals surface area contributed by atoms with Gasteiger partial charge in [-0.2, -0.15) is 13.2 Å². The van der Waals surface area contributed by atoms with Crippen molar-refractivity contribution in [2.24, 2.45) is 0 Å². The Balaban J connectivity index is 1.93. The van der Waals surface area contributed by atoms with E-state index in [2.05, 4.69) is 15.3 Å². The first-order valence-electron chi connectivity index (χ1n) is 11.5. The second-order valence-corrected chi connectivity index (χ2v) is 8.84. The van der Waals surface area contributed by atoms with Crippen LogP contribution in [-0.2, 0) is 17.5 Å². The zero-order chi connectivity index (χ0) is 27.6. The summed E-state index contributed by atoms with van der Waals surface area (Å²) in [6, 6.07) is 10.9. The number of hydrogen-bond acceptors (Lipinski definition) is 6. The standard InChI is InChI=1S/C27H23F3N4O4/c1-15(2)32-23(36)13-34-25(17-5-4-6-21(10-17)38-3)33-24-22(26(34)37)11-19(12-31-24)18-7-16(14-35)8-20(9-18)27(28,29)30/h4-12,14-15H,13H2,1-3H3,(H,32,36). The number of ether oxygens (including phenoxy) is 1. The third-order valence-electron chi connectivity index (χ3n) is 5.64. The van der Waals surface area contributed by atoms with Gasteiger partial charge in [-0.05, 0) is 55.8 Å². The number of amides is 1. The van der Waals surface area contributed by atoms with Gasteiger partial charge in [0.1, 0.15) is 24.4 Å². The van der Waals surface area contributed by atoms with Crippen molar-refractivity contribution in [3.05, 3.63) is 76.2 Å². The van der Waals surface area contributed by atoms with Gasteiger partial charge in [0.2, 0.25) is 5.91 Å². The Morgan fingerprint density at radius 2 is 1.87 bits per heavy atom. The molecule has 0 radical (unpaired) electrons. The van der Waals surface area contributed by atoms with Crippen molar-refractivity contribution in [2.45, 2.75) is 32.6 Å². The monoisotopic (exact) mass is 524 g/mol. The Kier molecular flexibility index (Phi) is 7.29. The maximum atomic E-state index is 13.7. The maximum Gasteiger partial charge on any atom is 0.416 e. The number of pyridine rings is 1. The first-order valence-corrected chi connectivity index (χ1v) is 11.5. The van der Waals surface area contributed by atoms with E-state index >= 15 is 0 Å². The van der Waals surface area contributed by atoms with E-state index in [1.54, 1.807) is 38.1 Å². The number of fused-ring (bicyclic) bond motifs is 1. The van der Waals surface area contributed by atoms with Crippen LogP contribution in [0.25, 0.3) is 33.5 Å². The fraction of sp³-hybridized carbons (Fsp3) is 0.222. The zero-order valence-electron chi connectivity index (χ0n) is 20.7. The molecular weight excluding hydrogens is 501 g/mol. The third-order valence-corrected chi connectivity index (χ3v) is 5.64. The van der Waals surface area contributed by atoms with Crippen LogP contribution in [0.5, 0.6) is 5.75 Å². The second-order valence-electron chi connectivity index (χ2n) is 8.84. The molecule has 2 aromatic carbocycles. The fourth-order valence-electron chi connectivity index (χ4n) is 3.95. The average Bonchev–Trinajstić information content (AvgIpc) is 2.88. The molecule has 4 aromatic rings. The quantitative estimate of drug-likeness (QED) is 0.358. The summed E-state index contributed by atoms with van der Waals surface area (Å²) >= 11 is 0. The Morgan fingerprint density at radius 3 is 2.53 bits per heavy atom. The number of aromatic nitrogens is 3. The minimum Gasteiger partial charge on any atom is -0.497 e. The van der Waals surface area contributed by atoms with Crippen LogP contribution in [0.3, 0.4) is 0 Å². The van der Waals surface area contributed by atoms with Crippen LogP contribution in [0.2, 0.25) is 0 Å². The molecule has 1 N–H and O–H groups in total. The molecule has 0 atom stereocenters. The van der Waals surface area contributed by atoms with Gasteiger partial charge in [0.25, 0.3) is 5.56 Å². The molecule has 0 fully saturated rings. The molecule has 0 aliphatic carbocycles. The van der Waals surface area contributed by atoms with Crippen molar-refractivity contribution >= 4 is 23.2 Å². The highest BCUT2D eigenvalue weighted by Crippen LogP contribution is 2.33. The largest absolute Gasteiger partial charge is 0.497 e. The smallest absolute Gasteiger partial charge is 0.416 e. The molecule has 4 rings (SSSR count). The lowest BCUT2D eigenvalue weighted by molar-refractivity contribution is -0.137. The van der Waals surface area contributed by atoms with E-state index in [1.165, 1.54) is 30.0 Å². The normalized spacial score (nSPS) is 11.6. The molecule has 1 amide bonds. The first-order chi connectivity index (χ1) is 18.0. The number of aldehydes is 1. The van der Waals surface area contributed by atoms with Crippen molar-refractivity contribution in [2.75, 3.05) is 7.11 Å². The summed E-state index contributed by atoms with van der Waals surface area (Å²) < 4.78 is 46.7. The molecular formula is C27H23F3N4O4. The number of halogens is 3. The lowest BCUT2D eigenvalue weighted by atomic mass is 10.0. The predicted octanol–water partition coefficient (Wildman–Crippen LogP) is 4.49. The van der Waals surface area contributed by atoms with E-state index in [-0.39, 0.29) is 46.1 Å². The van der Waals surface area contributed by atoms with Crippen molar-refractivity contribution in [1.29, 1.82) is 0 Å². The number of hydrogen-bond donors (Lipinski definition) is 1. The number of rotatable bonds is 7. The summed E-state index contributed by atoms with van der Waals surface area (Å²) in [6.07, 6.45) is -3.08. The Morgan fingerprint density at radius 1 is 1.11 bits per heavy atom. The number of carbonyl (C=O) groups excluding carboxylic acids is 2. The molecule has 0 aliphatic rings. The van der Waals surface area contributed by atoms with E-state index in [0.717, 1.165) is 12.1 Å². The van der Waals surface area contributed by atoms with Gasteiger partial charge < -0.3 is 10.1 Å². The number of alkyl halides is 3. The third kappa shape index (κ3) is 5.56. The lowest BCUT2D eigenvalue weighted by Crippen LogP contribution is -2.37. The van der Waals surface area contributed by atoms with Crippen LogP contribution >= 0.6 is 0 Å². The highest BCUT2D eigenvalue weighted by Gasteiger charge is 2.31. The van der Waals surface area contributed by atoms with Crippen molar-refractivity contribution in [3.8, 4) is 28.3 Å². The molecule has 8 nitrogen and oxygen atoms in total. The van der Waals surface area contributed by atoms with Crippen LogP contribution in [-0.4, -0.2) is 39.9 Å². The number of nitrogens with one attached hydrogen (secondary N) is 1. The Labute approximate surface area is 215 Å². The fourth-order valence-corrected chi connectivity index (χ4v) is 3.95. The zero-order valence-corrected chi connectivity index (χ0v) is 20.7. The number of carbonyl (C=O) groups is 2. The molecule has 0 spiro atoms. The van der Waals surface area contributed by atoms with Crippen LogP contribution in [0, 0.1) is 0 Å². The summed E-state index contributed by atoms with van der Waals surface area (Å²) in [5.74, 6) is 0.252. The summed E-state index contributed by atoms with van der Waals surface area (Å²) in [7, 11) is 1.49. The number of nitrogens with zero attached hydrogens (tertiary/aromatic N) is 3. The predicted molar refractivity (Wildman–Crippen MR) is 135 cm³/mol. The maximum absolute atomic E-state index is 13.7. The molecule has 0 saturated carbocycles. The number of methoxy groups -OCH3 is 1. The van der Waals surface area contributed by atoms with Gasteiger partial charge in [-0.15, -0.1) is 0 Å². The SMILES string of the molecule is COc1cccc(-c2nc3ncc(-c4cc(C=O)cc(C(F)(F)F)c4)cc3c(=O)n2CC(=O)NC(C)C)c1. The summed E-state index contributed by atoms with van der Waals surface area (Å²) in [6.45, 7) is 3.21. The summed E-state index contributed by atoms with van der Waals surface area (Å²) in [5.41, 5.74) is -1.02. The van der Waals surface area contributed by atoms with Gasteiger partial charge in [-0.25, -0.2) is 9.97 Å². The van der Waals surface area contributed by atoms with Crippen LogP contribution in [0.1, 0.15) is 29.8 Å². The molecule has 2 heterocycles. The molecule has 0 bridgehead atoms. The van der Waals surface area contributed by atoms with Crippen LogP contribution in [0.4, 0.5) is 13.2 Å². The van der Waals surface area contributed by atoms with Gasteiger partial charge in [-0.1, -0.05) is 12.1 Å². The lowest BCUT2D eigenvalue weighted by Gasteiger charge is -2.16. The van der Waals surface area contributed by atoms with Crippen LogP contribution in [0.15, 0.2) is 59.5 Å². The van der Waals surface area contributed by atoms with E-state index in [9.17, 15) is 27.6 Å². The van der Waals surface area contributed by atoms with Gasteiger partial charge in [-0.3, -0.25) is 19.0 Å². The minimum absolute atomic E-state index is 0.00319. The minimum atomic E-state index is -4.68. The number of benzene rings is 2. The van der Waals surface area contributed by atoms with E-state index < -0.39 is 23.2 Å². The van der Waals surface area contributed by atoms with E-state index in [0.29, 0.717) is 17.6 Å². The van der Waals surface area contributed by atoms with Gasteiger partial charge in [0, 0.05) is 28.9 Å².